The molecule has 0 radical (unpaired) electrons. The van der Waals surface area contributed by atoms with Crippen molar-refractivity contribution in [1.82, 2.24) is 5.32 Å². The maximum absolute atomic E-state index is 8.87. The van der Waals surface area contributed by atoms with Crippen molar-refractivity contribution >= 4 is 11.6 Å². The number of rotatable bonds is 1. The summed E-state index contributed by atoms with van der Waals surface area (Å²) in [6.07, 6.45) is 3.17. The Morgan fingerprint density at radius 2 is 2.00 bits per heavy atom. The first-order chi connectivity index (χ1) is 7.29. The van der Waals surface area contributed by atoms with Crippen molar-refractivity contribution in [2.75, 3.05) is 0 Å². The third-order valence-corrected chi connectivity index (χ3v) is 3.07. The summed E-state index contributed by atoms with van der Waals surface area (Å²) in [5.74, 6) is 0. The van der Waals surface area contributed by atoms with E-state index in [1.807, 2.05) is 24.3 Å². The molecule has 0 amide bonds. The molecule has 0 aromatic heterocycles. The van der Waals surface area contributed by atoms with E-state index in [9.17, 15) is 0 Å². The summed E-state index contributed by atoms with van der Waals surface area (Å²) < 4.78 is 0. The molecule has 1 saturated heterocycles. The standard InChI is InChI=1S/C12H13ClN2/c13-10-6-4-9(5-7-10)12-3-1-2-11(8-14)15-12/h4-7,11-12,15H,1-3H2. The molecule has 0 bridgehead atoms. The van der Waals surface area contributed by atoms with Crippen molar-refractivity contribution in [2.24, 2.45) is 0 Å². The lowest BCUT2D eigenvalue weighted by Crippen LogP contribution is -2.35. The van der Waals surface area contributed by atoms with Crippen LogP contribution in [0.15, 0.2) is 24.3 Å². The molecule has 1 aromatic rings. The normalized spacial score (nSPS) is 25.9. The molecule has 2 rings (SSSR count). The van der Waals surface area contributed by atoms with E-state index in [-0.39, 0.29) is 6.04 Å². The van der Waals surface area contributed by atoms with E-state index in [4.69, 9.17) is 16.9 Å². The van der Waals surface area contributed by atoms with Crippen LogP contribution in [-0.2, 0) is 0 Å². The maximum Gasteiger partial charge on any atom is 0.0957 e. The summed E-state index contributed by atoms with van der Waals surface area (Å²) in [7, 11) is 0. The van der Waals surface area contributed by atoms with Crippen LogP contribution in [0, 0.1) is 11.3 Å². The van der Waals surface area contributed by atoms with Gasteiger partial charge in [-0.1, -0.05) is 23.7 Å². The van der Waals surface area contributed by atoms with E-state index in [0.29, 0.717) is 6.04 Å². The molecule has 2 atom stereocenters. The molecular weight excluding hydrogens is 208 g/mol. The molecule has 0 aliphatic carbocycles. The molecule has 2 nitrogen and oxygen atoms in total. The second-order valence-corrected chi connectivity index (χ2v) is 4.32. The Balaban J connectivity index is 2.10. The summed E-state index contributed by atoms with van der Waals surface area (Å²) in [6, 6.07) is 10.4. The molecule has 2 unspecified atom stereocenters. The Bertz CT molecular complexity index is 366. The lowest BCUT2D eigenvalue weighted by Gasteiger charge is -2.27. The number of benzene rings is 1. The van der Waals surface area contributed by atoms with Crippen LogP contribution in [0.2, 0.25) is 5.02 Å². The van der Waals surface area contributed by atoms with Crippen LogP contribution in [-0.4, -0.2) is 6.04 Å². The van der Waals surface area contributed by atoms with Gasteiger partial charge in [-0.3, -0.25) is 5.32 Å². The van der Waals surface area contributed by atoms with Crippen LogP contribution in [0.5, 0.6) is 0 Å². The minimum Gasteiger partial charge on any atom is -0.295 e. The Hall–Kier alpha value is -1.04. The second-order valence-electron chi connectivity index (χ2n) is 3.88. The van der Waals surface area contributed by atoms with Crippen LogP contribution in [0.3, 0.4) is 0 Å². The van der Waals surface area contributed by atoms with E-state index in [0.717, 1.165) is 24.3 Å². The first-order valence-electron chi connectivity index (χ1n) is 5.21. The molecule has 3 heteroatoms. The van der Waals surface area contributed by atoms with Crippen molar-refractivity contribution in [3.05, 3.63) is 34.9 Å². The Kier molecular flexibility index (Phi) is 3.25. The smallest absolute Gasteiger partial charge is 0.0957 e. The lowest BCUT2D eigenvalue weighted by atomic mass is 9.94. The van der Waals surface area contributed by atoms with Crippen LogP contribution in [0.1, 0.15) is 30.9 Å². The highest BCUT2D eigenvalue weighted by molar-refractivity contribution is 6.30. The van der Waals surface area contributed by atoms with Gasteiger partial charge in [-0.25, -0.2) is 0 Å². The molecule has 78 valence electrons. The van der Waals surface area contributed by atoms with Gasteiger partial charge in [0.15, 0.2) is 0 Å². The van der Waals surface area contributed by atoms with Crippen molar-refractivity contribution in [2.45, 2.75) is 31.3 Å². The van der Waals surface area contributed by atoms with Gasteiger partial charge in [0.2, 0.25) is 0 Å². The maximum atomic E-state index is 8.87. The number of nitrogens with one attached hydrogen (secondary N) is 1. The van der Waals surface area contributed by atoms with Crippen molar-refractivity contribution in [3.8, 4) is 6.07 Å². The van der Waals surface area contributed by atoms with Gasteiger partial charge in [-0.15, -0.1) is 0 Å². The summed E-state index contributed by atoms with van der Waals surface area (Å²) in [5, 5.41) is 13.0. The Morgan fingerprint density at radius 1 is 1.27 bits per heavy atom. The largest absolute Gasteiger partial charge is 0.295 e. The summed E-state index contributed by atoms with van der Waals surface area (Å²) >= 11 is 5.83. The molecule has 1 N–H and O–H groups in total. The van der Waals surface area contributed by atoms with Gasteiger partial charge in [0, 0.05) is 11.1 Å². The highest BCUT2D eigenvalue weighted by atomic mass is 35.5. The highest BCUT2D eigenvalue weighted by Crippen LogP contribution is 2.26. The average Bonchev–Trinajstić information content (AvgIpc) is 2.30. The van der Waals surface area contributed by atoms with E-state index < -0.39 is 0 Å². The summed E-state index contributed by atoms with van der Waals surface area (Å²) in [4.78, 5) is 0. The fourth-order valence-corrected chi connectivity index (χ4v) is 2.12. The minimum absolute atomic E-state index is 0.000530. The zero-order chi connectivity index (χ0) is 10.7. The van der Waals surface area contributed by atoms with E-state index in [2.05, 4.69) is 11.4 Å². The molecule has 1 heterocycles. The number of nitrogens with zero attached hydrogens (tertiary/aromatic N) is 1. The summed E-state index contributed by atoms with van der Waals surface area (Å²) in [5.41, 5.74) is 1.22. The minimum atomic E-state index is -0.000530. The zero-order valence-corrected chi connectivity index (χ0v) is 9.17. The second kappa shape index (κ2) is 4.65. The van der Waals surface area contributed by atoms with Gasteiger partial charge < -0.3 is 0 Å². The topological polar surface area (TPSA) is 35.8 Å². The monoisotopic (exact) mass is 220 g/mol. The van der Waals surface area contributed by atoms with E-state index >= 15 is 0 Å². The Morgan fingerprint density at radius 3 is 2.67 bits per heavy atom. The molecule has 0 spiro atoms. The third-order valence-electron chi connectivity index (χ3n) is 2.82. The fraction of sp³-hybridized carbons (Fsp3) is 0.417. The van der Waals surface area contributed by atoms with Gasteiger partial charge >= 0.3 is 0 Å². The number of piperidine rings is 1. The Labute approximate surface area is 94.9 Å². The lowest BCUT2D eigenvalue weighted by molar-refractivity contribution is 0.368. The molecule has 1 aromatic carbocycles. The van der Waals surface area contributed by atoms with Crippen LogP contribution in [0.4, 0.5) is 0 Å². The van der Waals surface area contributed by atoms with Crippen LogP contribution < -0.4 is 5.32 Å². The van der Waals surface area contributed by atoms with Crippen molar-refractivity contribution in [3.63, 3.8) is 0 Å². The van der Waals surface area contributed by atoms with E-state index in [1.54, 1.807) is 0 Å². The number of nitriles is 1. The predicted molar refractivity (Wildman–Crippen MR) is 60.6 cm³/mol. The highest BCUT2D eigenvalue weighted by Gasteiger charge is 2.21. The number of hydrogen-bond donors (Lipinski definition) is 1. The average molecular weight is 221 g/mol. The quantitative estimate of drug-likeness (QED) is 0.790. The van der Waals surface area contributed by atoms with Crippen LogP contribution in [0.25, 0.3) is 0 Å². The molecule has 1 aliphatic heterocycles. The fourth-order valence-electron chi connectivity index (χ4n) is 2.00. The van der Waals surface area contributed by atoms with Gasteiger partial charge in [0.1, 0.15) is 0 Å². The van der Waals surface area contributed by atoms with Gasteiger partial charge in [-0.2, -0.15) is 5.26 Å². The molecule has 1 fully saturated rings. The van der Waals surface area contributed by atoms with Crippen LogP contribution >= 0.6 is 11.6 Å². The van der Waals surface area contributed by atoms with Gasteiger partial charge in [0.25, 0.3) is 0 Å². The zero-order valence-electron chi connectivity index (χ0n) is 8.41. The van der Waals surface area contributed by atoms with E-state index in [1.165, 1.54) is 5.56 Å². The van der Waals surface area contributed by atoms with Crippen molar-refractivity contribution in [1.29, 1.82) is 5.26 Å². The van der Waals surface area contributed by atoms with Crippen molar-refractivity contribution < 1.29 is 0 Å². The first kappa shape index (κ1) is 10.5. The van der Waals surface area contributed by atoms with Gasteiger partial charge in [-0.05, 0) is 37.0 Å². The SMILES string of the molecule is N#CC1CCCC(c2ccc(Cl)cc2)N1. The molecule has 1 aliphatic rings. The summed E-state index contributed by atoms with van der Waals surface area (Å²) in [6.45, 7) is 0. The number of hydrogen-bond acceptors (Lipinski definition) is 2. The number of halogens is 1. The predicted octanol–water partition coefficient (Wildman–Crippen LogP) is 3.05. The molecule has 15 heavy (non-hydrogen) atoms. The first-order valence-corrected chi connectivity index (χ1v) is 5.58. The van der Waals surface area contributed by atoms with Gasteiger partial charge in [0.05, 0.1) is 12.1 Å². The molecular formula is C12H13ClN2. The third kappa shape index (κ3) is 2.50. The molecule has 0 saturated carbocycles.